The maximum absolute atomic E-state index is 6.12. The van der Waals surface area contributed by atoms with Crippen molar-refractivity contribution in [3.05, 3.63) is 57.6 Å². The Balaban J connectivity index is 1.77. The fraction of sp³-hybridized carbons (Fsp3) is 0.294. The summed E-state index contributed by atoms with van der Waals surface area (Å²) in [5.74, 6) is 1.62. The lowest BCUT2D eigenvalue weighted by Gasteiger charge is -2.27. The van der Waals surface area contributed by atoms with Crippen LogP contribution in [-0.4, -0.2) is 6.79 Å². The molecule has 3 rings (SSSR count). The number of rotatable bonds is 4. The van der Waals surface area contributed by atoms with Crippen LogP contribution >= 0.6 is 23.2 Å². The molecule has 0 bridgehead atoms. The van der Waals surface area contributed by atoms with Gasteiger partial charge in [-0.25, -0.2) is 0 Å². The number of hydrogen-bond donors (Lipinski definition) is 1. The molecule has 1 aliphatic rings. The summed E-state index contributed by atoms with van der Waals surface area (Å²) in [4.78, 5) is 0. The molecule has 1 N–H and O–H groups in total. The zero-order valence-electron chi connectivity index (χ0n) is 12.5. The molecule has 0 atom stereocenters. The molecule has 0 saturated carbocycles. The van der Waals surface area contributed by atoms with E-state index in [4.69, 9.17) is 32.7 Å². The van der Waals surface area contributed by atoms with Crippen LogP contribution < -0.4 is 14.8 Å². The zero-order chi connectivity index (χ0) is 15.7. The van der Waals surface area contributed by atoms with Crippen LogP contribution in [0, 0.1) is 0 Å². The average molecular weight is 338 g/mol. The van der Waals surface area contributed by atoms with Gasteiger partial charge in [0.25, 0.3) is 0 Å². The molecule has 0 saturated heterocycles. The van der Waals surface area contributed by atoms with Gasteiger partial charge in [-0.15, -0.1) is 0 Å². The van der Waals surface area contributed by atoms with Crippen molar-refractivity contribution in [1.82, 2.24) is 5.32 Å². The Morgan fingerprint density at radius 1 is 1.09 bits per heavy atom. The molecule has 2 aromatic rings. The van der Waals surface area contributed by atoms with Gasteiger partial charge >= 0.3 is 0 Å². The SMILES string of the molecule is CC(C)(NCc1cccc2c1OCO2)c1ccc(Cl)c(Cl)c1. The second-order valence-corrected chi connectivity index (χ2v) is 6.57. The van der Waals surface area contributed by atoms with E-state index >= 15 is 0 Å². The molecule has 0 amide bonds. The maximum Gasteiger partial charge on any atom is 0.231 e. The summed E-state index contributed by atoms with van der Waals surface area (Å²) in [6.07, 6.45) is 0. The Hall–Kier alpha value is -1.42. The summed E-state index contributed by atoms with van der Waals surface area (Å²) < 4.78 is 10.9. The highest BCUT2D eigenvalue weighted by Crippen LogP contribution is 2.36. The second-order valence-electron chi connectivity index (χ2n) is 5.76. The Kier molecular flexibility index (Phi) is 4.22. The fourth-order valence-corrected chi connectivity index (χ4v) is 2.73. The first-order chi connectivity index (χ1) is 10.5. The van der Waals surface area contributed by atoms with Crippen LogP contribution in [0.25, 0.3) is 0 Å². The third-order valence-corrected chi connectivity index (χ3v) is 4.58. The van der Waals surface area contributed by atoms with Crippen molar-refractivity contribution in [2.45, 2.75) is 25.9 Å². The number of para-hydroxylation sites is 1. The van der Waals surface area contributed by atoms with E-state index in [9.17, 15) is 0 Å². The predicted octanol–water partition coefficient (Wildman–Crippen LogP) is 4.75. The van der Waals surface area contributed by atoms with Gasteiger partial charge in [0, 0.05) is 17.6 Å². The van der Waals surface area contributed by atoms with Crippen LogP contribution in [0.1, 0.15) is 25.0 Å². The number of ether oxygens (including phenoxy) is 2. The number of benzene rings is 2. The first kappa shape index (κ1) is 15.5. The molecule has 2 aromatic carbocycles. The monoisotopic (exact) mass is 337 g/mol. The van der Waals surface area contributed by atoms with Crippen LogP contribution in [-0.2, 0) is 12.1 Å². The lowest BCUT2D eigenvalue weighted by atomic mass is 9.94. The summed E-state index contributed by atoms with van der Waals surface area (Å²) in [7, 11) is 0. The normalized spacial score (nSPS) is 13.5. The van der Waals surface area contributed by atoms with Crippen molar-refractivity contribution in [3.8, 4) is 11.5 Å². The molecule has 0 fully saturated rings. The molecule has 0 spiro atoms. The van der Waals surface area contributed by atoms with E-state index in [1.54, 1.807) is 0 Å². The van der Waals surface area contributed by atoms with Crippen molar-refractivity contribution in [1.29, 1.82) is 0 Å². The lowest BCUT2D eigenvalue weighted by Crippen LogP contribution is -2.36. The molecule has 0 unspecified atom stereocenters. The third kappa shape index (κ3) is 3.02. The average Bonchev–Trinajstić information content (AvgIpc) is 2.97. The summed E-state index contributed by atoms with van der Waals surface area (Å²) in [6.45, 7) is 5.16. The van der Waals surface area contributed by atoms with Gasteiger partial charge in [-0.2, -0.15) is 0 Å². The first-order valence-electron chi connectivity index (χ1n) is 7.05. The van der Waals surface area contributed by atoms with E-state index in [0.29, 0.717) is 16.6 Å². The lowest BCUT2D eigenvalue weighted by molar-refractivity contribution is 0.173. The van der Waals surface area contributed by atoms with Gasteiger partial charge in [-0.3, -0.25) is 0 Å². The molecule has 0 aliphatic carbocycles. The quantitative estimate of drug-likeness (QED) is 0.873. The molecular formula is C17H17Cl2NO2. The highest BCUT2D eigenvalue weighted by molar-refractivity contribution is 6.42. The Bertz CT molecular complexity index is 701. The standard InChI is InChI=1S/C17H17Cl2NO2/c1-17(2,12-6-7-13(18)14(19)8-12)20-9-11-4-3-5-15-16(11)22-10-21-15/h3-8,20H,9-10H2,1-2H3. The minimum absolute atomic E-state index is 0.254. The topological polar surface area (TPSA) is 30.5 Å². The van der Waals surface area contributed by atoms with Crippen LogP contribution in [0.4, 0.5) is 0 Å². The molecule has 1 aliphatic heterocycles. The van der Waals surface area contributed by atoms with Crippen LogP contribution in [0.15, 0.2) is 36.4 Å². The van der Waals surface area contributed by atoms with Crippen molar-refractivity contribution in [3.63, 3.8) is 0 Å². The fourth-order valence-electron chi connectivity index (χ4n) is 2.43. The van der Waals surface area contributed by atoms with E-state index in [2.05, 4.69) is 19.2 Å². The molecule has 0 radical (unpaired) electrons. The summed E-state index contributed by atoms with van der Waals surface area (Å²) in [5, 5.41) is 4.65. The minimum Gasteiger partial charge on any atom is -0.454 e. The van der Waals surface area contributed by atoms with Crippen molar-refractivity contribution in [2.24, 2.45) is 0 Å². The van der Waals surface area contributed by atoms with E-state index in [1.807, 2.05) is 36.4 Å². The summed E-state index contributed by atoms with van der Waals surface area (Å²) in [5.41, 5.74) is 1.89. The van der Waals surface area contributed by atoms with E-state index < -0.39 is 0 Å². The highest BCUT2D eigenvalue weighted by Gasteiger charge is 2.23. The number of hydrogen-bond acceptors (Lipinski definition) is 3. The smallest absolute Gasteiger partial charge is 0.231 e. The van der Waals surface area contributed by atoms with Crippen molar-refractivity contribution in [2.75, 3.05) is 6.79 Å². The van der Waals surface area contributed by atoms with E-state index in [0.717, 1.165) is 22.6 Å². The van der Waals surface area contributed by atoms with Gasteiger partial charge in [0.1, 0.15) is 0 Å². The number of fused-ring (bicyclic) bond motifs is 1. The van der Waals surface area contributed by atoms with E-state index in [-0.39, 0.29) is 12.3 Å². The highest BCUT2D eigenvalue weighted by atomic mass is 35.5. The first-order valence-corrected chi connectivity index (χ1v) is 7.81. The Labute approximate surface area is 140 Å². The van der Waals surface area contributed by atoms with Gasteiger partial charge in [0.05, 0.1) is 10.0 Å². The van der Waals surface area contributed by atoms with E-state index in [1.165, 1.54) is 0 Å². The molecule has 116 valence electrons. The molecular weight excluding hydrogens is 321 g/mol. The summed E-state index contributed by atoms with van der Waals surface area (Å²) in [6, 6.07) is 11.6. The van der Waals surface area contributed by atoms with Gasteiger partial charge in [-0.05, 0) is 37.6 Å². The minimum atomic E-state index is -0.254. The predicted molar refractivity (Wildman–Crippen MR) is 88.9 cm³/mol. The van der Waals surface area contributed by atoms with Crippen LogP contribution in [0.5, 0.6) is 11.5 Å². The molecule has 0 aromatic heterocycles. The van der Waals surface area contributed by atoms with Crippen molar-refractivity contribution >= 4 is 23.2 Å². The van der Waals surface area contributed by atoms with Crippen LogP contribution in [0.3, 0.4) is 0 Å². The molecule has 1 heterocycles. The third-order valence-electron chi connectivity index (χ3n) is 3.84. The number of nitrogens with one attached hydrogen (secondary N) is 1. The van der Waals surface area contributed by atoms with Gasteiger partial charge in [0.15, 0.2) is 11.5 Å². The van der Waals surface area contributed by atoms with Gasteiger partial charge in [-0.1, -0.05) is 41.4 Å². The van der Waals surface area contributed by atoms with Crippen molar-refractivity contribution < 1.29 is 9.47 Å². The maximum atomic E-state index is 6.12. The zero-order valence-corrected chi connectivity index (χ0v) is 14.0. The summed E-state index contributed by atoms with van der Waals surface area (Å²) >= 11 is 12.1. The van der Waals surface area contributed by atoms with Crippen LogP contribution in [0.2, 0.25) is 10.0 Å². The largest absolute Gasteiger partial charge is 0.454 e. The molecule has 3 nitrogen and oxygen atoms in total. The van der Waals surface area contributed by atoms with Gasteiger partial charge < -0.3 is 14.8 Å². The Morgan fingerprint density at radius 2 is 1.91 bits per heavy atom. The number of halogens is 2. The molecule has 22 heavy (non-hydrogen) atoms. The molecule has 5 heteroatoms. The Morgan fingerprint density at radius 3 is 2.68 bits per heavy atom. The van der Waals surface area contributed by atoms with Gasteiger partial charge in [0.2, 0.25) is 6.79 Å². The second kappa shape index (κ2) is 5.99.